The zero-order valence-corrected chi connectivity index (χ0v) is 14.3. The second kappa shape index (κ2) is 8.88. The molecular weight excluding hydrogens is 374 g/mol. The topological polar surface area (TPSA) is 75.6 Å². The van der Waals surface area contributed by atoms with E-state index in [4.69, 9.17) is 9.84 Å². The average Bonchev–Trinajstić information content (AvgIpc) is 2.58. The van der Waals surface area contributed by atoms with Crippen molar-refractivity contribution in [2.24, 2.45) is 0 Å². The van der Waals surface area contributed by atoms with Gasteiger partial charge in [-0.25, -0.2) is 9.59 Å². The lowest BCUT2D eigenvalue weighted by atomic mass is 10.1. The summed E-state index contributed by atoms with van der Waals surface area (Å²) in [6.45, 7) is 0.527. The molecule has 0 aliphatic carbocycles. The van der Waals surface area contributed by atoms with E-state index in [9.17, 15) is 9.59 Å². The standard InChI is InChI=1S/C18H16BrNO4/c19-16-11-15(17(21)22)9-8-14(16)7-4-10-20-18(23)24-12-13-5-2-1-3-6-13/h1-9,11H,10,12H2,(H,20,23)(H,21,22). The van der Waals surface area contributed by atoms with Crippen molar-refractivity contribution in [3.05, 3.63) is 75.8 Å². The van der Waals surface area contributed by atoms with Crippen molar-refractivity contribution in [2.75, 3.05) is 6.54 Å². The van der Waals surface area contributed by atoms with Gasteiger partial charge in [0.2, 0.25) is 0 Å². The van der Waals surface area contributed by atoms with Gasteiger partial charge in [-0.05, 0) is 23.3 Å². The molecule has 0 aliphatic rings. The van der Waals surface area contributed by atoms with Crippen molar-refractivity contribution < 1.29 is 19.4 Å². The van der Waals surface area contributed by atoms with Crippen molar-refractivity contribution in [2.45, 2.75) is 6.61 Å². The molecule has 0 saturated heterocycles. The van der Waals surface area contributed by atoms with Crippen molar-refractivity contribution in [1.29, 1.82) is 0 Å². The van der Waals surface area contributed by atoms with E-state index >= 15 is 0 Å². The molecule has 0 unspecified atom stereocenters. The molecule has 6 heteroatoms. The van der Waals surface area contributed by atoms with Crippen molar-refractivity contribution in [3.63, 3.8) is 0 Å². The number of nitrogens with one attached hydrogen (secondary N) is 1. The number of benzene rings is 2. The van der Waals surface area contributed by atoms with Crippen LogP contribution in [0.1, 0.15) is 21.5 Å². The van der Waals surface area contributed by atoms with Gasteiger partial charge in [0.05, 0.1) is 5.56 Å². The molecule has 0 aromatic heterocycles. The molecule has 0 aliphatic heterocycles. The molecule has 24 heavy (non-hydrogen) atoms. The number of alkyl carbamates (subject to hydrolysis) is 1. The summed E-state index contributed by atoms with van der Waals surface area (Å²) in [6, 6.07) is 14.2. The van der Waals surface area contributed by atoms with Gasteiger partial charge in [-0.3, -0.25) is 0 Å². The first-order chi connectivity index (χ1) is 11.6. The minimum atomic E-state index is -0.978. The van der Waals surface area contributed by atoms with Crippen LogP contribution in [-0.4, -0.2) is 23.7 Å². The fourth-order valence-corrected chi connectivity index (χ4v) is 2.41. The normalized spacial score (nSPS) is 10.5. The van der Waals surface area contributed by atoms with Crippen molar-refractivity contribution in [3.8, 4) is 0 Å². The van der Waals surface area contributed by atoms with E-state index < -0.39 is 12.1 Å². The zero-order chi connectivity index (χ0) is 17.4. The Bertz CT molecular complexity index is 744. The molecule has 2 rings (SSSR count). The number of carboxylic acid groups (broad SMARTS) is 1. The number of carboxylic acids is 1. The number of carbonyl (C=O) groups excluding carboxylic acids is 1. The van der Waals surface area contributed by atoms with Crippen LogP contribution in [0.4, 0.5) is 4.79 Å². The number of hydrogen-bond donors (Lipinski definition) is 2. The molecule has 0 bridgehead atoms. The Hall–Kier alpha value is -2.60. The summed E-state index contributed by atoms with van der Waals surface area (Å²) >= 11 is 3.32. The summed E-state index contributed by atoms with van der Waals surface area (Å²) in [4.78, 5) is 22.4. The third-order valence-corrected chi connectivity index (χ3v) is 3.81. The van der Waals surface area contributed by atoms with Crippen LogP contribution in [-0.2, 0) is 11.3 Å². The van der Waals surface area contributed by atoms with Gasteiger partial charge >= 0.3 is 12.1 Å². The SMILES string of the molecule is O=C(NCC=Cc1ccc(C(=O)O)cc1Br)OCc1ccccc1. The molecule has 0 fully saturated rings. The quantitative estimate of drug-likeness (QED) is 0.779. The number of halogens is 1. The molecule has 124 valence electrons. The Morgan fingerprint density at radius 2 is 1.92 bits per heavy atom. The van der Waals surface area contributed by atoms with Gasteiger partial charge in [0.1, 0.15) is 6.61 Å². The Morgan fingerprint density at radius 3 is 2.58 bits per heavy atom. The maximum Gasteiger partial charge on any atom is 0.407 e. The summed E-state index contributed by atoms with van der Waals surface area (Å²) in [5.41, 5.74) is 1.95. The highest BCUT2D eigenvalue weighted by atomic mass is 79.9. The van der Waals surface area contributed by atoms with Gasteiger partial charge in [-0.1, -0.05) is 64.5 Å². The minimum Gasteiger partial charge on any atom is -0.478 e. The van der Waals surface area contributed by atoms with Crippen LogP contribution in [0.25, 0.3) is 6.08 Å². The molecule has 5 nitrogen and oxygen atoms in total. The van der Waals surface area contributed by atoms with Crippen LogP contribution in [0.15, 0.2) is 59.1 Å². The summed E-state index contributed by atoms with van der Waals surface area (Å²) in [7, 11) is 0. The smallest absolute Gasteiger partial charge is 0.407 e. The van der Waals surface area contributed by atoms with Gasteiger partial charge in [-0.15, -0.1) is 0 Å². The Kier molecular flexibility index (Phi) is 6.57. The molecule has 0 atom stereocenters. The third-order valence-electron chi connectivity index (χ3n) is 3.12. The molecule has 0 heterocycles. The number of carbonyl (C=O) groups is 2. The number of amides is 1. The summed E-state index contributed by atoms with van der Waals surface area (Å²) < 4.78 is 5.76. The number of aromatic carboxylic acids is 1. The van der Waals surface area contributed by atoms with Gasteiger partial charge in [0.25, 0.3) is 0 Å². The molecule has 2 aromatic rings. The van der Waals surface area contributed by atoms with E-state index in [2.05, 4.69) is 21.2 Å². The number of hydrogen-bond acceptors (Lipinski definition) is 3. The second-order valence-electron chi connectivity index (χ2n) is 4.89. The van der Waals surface area contributed by atoms with Crippen LogP contribution >= 0.6 is 15.9 Å². The third kappa shape index (κ3) is 5.55. The predicted octanol–water partition coefficient (Wildman–Crippen LogP) is 4.09. The van der Waals surface area contributed by atoms with E-state index in [1.807, 2.05) is 30.3 Å². The van der Waals surface area contributed by atoms with E-state index in [0.717, 1.165) is 11.1 Å². The Labute approximate surface area is 148 Å². The lowest BCUT2D eigenvalue weighted by molar-refractivity contribution is 0.0696. The first-order valence-electron chi connectivity index (χ1n) is 7.20. The summed E-state index contributed by atoms with van der Waals surface area (Å²) in [5.74, 6) is -0.978. The molecular formula is C18H16BrNO4. The molecule has 0 radical (unpaired) electrons. The van der Waals surface area contributed by atoms with E-state index in [1.165, 1.54) is 12.1 Å². The van der Waals surface area contributed by atoms with Crippen LogP contribution in [0.2, 0.25) is 0 Å². The first-order valence-corrected chi connectivity index (χ1v) is 7.99. The molecule has 0 saturated carbocycles. The minimum absolute atomic E-state index is 0.210. The molecule has 2 aromatic carbocycles. The fraction of sp³-hybridized carbons (Fsp3) is 0.111. The fourth-order valence-electron chi connectivity index (χ4n) is 1.90. The highest BCUT2D eigenvalue weighted by Gasteiger charge is 2.05. The monoisotopic (exact) mass is 389 g/mol. The van der Waals surface area contributed by atoms with Crippen molar-refractivity contribution in [1.82, 2.24) is 5.32 Å². The van der Waals surface area contributed by atoms with Crippen LogP contribution in [0.5, 0.6) is 0 Å². The van der Waals surface area contributed by atoms with Gasteiger partial charge < -0.3 is 15.2 Å². The molecule has 2 N–H and O–H groups in total. The number of rotatable bonds is 6. The predicted molar refractivity (Wildman–Crippen MR) is 94.8 cm³/mol. The van der Waals surface area contributed by atoms with Gasteiger partial charge in [0.15, 0.2) is 0 Å². The highest BCUT2D eigenvalue weighted by molar-refractivity contribution is 9.10. The van der Waals surface area contributed by atoms with E-state index in [1.54, 1.807) is 18.2 Å². The lowest BCUT2D eigenvalue weighted by Gasteiger charge is -2.05. The summed E-state index contributed by atoms with van der Waals surface area (Å²) in [6.07, 6.45) is 3.04. The maximum absolute atomic E-state index is 11.6. The summed E-state index contributed by atoms with van der Waals surface area (Å²) in [5, 5.41) is 11.5. The maximum atomic E-state index is 11.6. The van der Waals surface area contributed by atoms with E-state index in [-0.39, 0.29) is 12.2 Å². The number of ether oxygens (including phenoxy) is 1. The van der Waals surface area contributed by atoms with Crippen LogP contribution in [0.3, 0.4) is 0 Å². The Morgan fingerprint density at radius 1 is 1.17 bits per heavy atom. The van der Waals surface area contributed by atoms with Gasteiger partial charge in [-0.2, -0.15) is 0 Å². The van der Waals surface area contributed by atoms with Crippen molar-refractivity contribution >= 4 is 34.1 Å². The molecule has 0 spiro atoms. The molecule has 1 amide bonds. The average molecular weight is 390 g/mol. The van der Waals surface area contributed by atoms with E-state index in [0.29, 0.717) is 11.0 Å². The first kappa shape index (κ1) is 17.7. The largest absolute Gasteiger partial charge is 0.478 e. The van der Waals surface area contributed by atoms with Crippen LogP contribution in [0, 0.1) is 0 Å². The van der Waals surface area contributed by atoms with Crippen LogP contribution < -0.4 is 5.32 Å². The Balaban J connectivity index is 1.78. The van der Waals surface area contributed by atoms with Gasteiger partial charge in [0, 0.05) is 11.0 Å². The second-order valence-corrected chi connectivity index (χ2v) is 5.74. The lowest BCUT2D eigenvalue weighted by Crippen LogP contribution is -2.24. The zero-order valence-electron chi connectivity index (χ0n) is 12.7. The highest BCUT2D eigenvalue weighted by Crippen LogP contribution is 2.20.